The molecule has 1 atom stereocenters. The zero-order chi connectivity index (χ0) is 14.1. The Bertz CT molecular complexity index is 523. The summed E-state index contributed by atoms with van der Waals surface area (Å²) >= 11 is 6.47. The molecule has 1 heterocycles. The van der Waals surface area contributed by atoms with Crippen LogP contribution in [0.5, 0.6) is 0 Å². The van der Waals surface area contributed by atoms with E-state index in [0.29, 0.717) is 18.4 Å². The molecule has 0 radical (unpaired) electrons. The van der Waals surface area contributed by atoms with Crippen LogP contribution in [0.1, 0.15) is 49.8 Å². The Balaban J connectivity index is 1.94. The number of hydrogen-bond acceptors (Lipinski definition) is 2. The van der Waals surface area contributed by atoms with E-state index in [9.17, 15) is 4.79 Å². The Morgan fingerprint density at radius 3 is 2.85 bits per heavy atom. The first-order chi connectivity index (χ1) is 9.69. The third kappa shape index (κ3) is 2.57. The van der Waals surface area contributed by atoms with Crippen LogP contribution in [0, 0.1) is 5.92 Å². The van der Waals surface area contributed by atoms with E-state index in [0.717, 1.165) is 28.4 Å². The molecule has 108 valence electrons. The van der Waals surface area contributed by atoms with E-state index >= 15 is 0 Å². The largest absolute Gasteiger partial charge is 0.325 e. The molecule has 1 aromatic rings. The Hall–Kier alpha value is -1.06. The van der Waals surface area contributed by atoms with Gasteiger partial charge in [0.1, 0.15) is 0 Å². The number of hydrogen-bond donors (Lipinski definition) is 2. The molecule has 1 amide bonds. The molecule has 3 rings (SSSR count). The topological polar surface area (TPSA) is 41.1 Å². The predicted molar refractivity (Wildman–Crippen MR) is 82.2 cm³/mol. The first-order valence-electron chi connectivity index (χ1n) is 7.54. The number of nitrogens with one attached hydrogen (secondary N) is 2. The number of amides is 1. The molecule has 2 N–H and O–H groups in total. The molecule has 1 aromatic carbocycles. The van der Waals surface area contributed by atoms with E-state index in [1.54, 1.807) is 0 Å². The van der Waals surface area contributed by atoms with E-state index in [4.69, 9.17) is 11.6 Å². The van der Waals surface area contributed by atoms with Crippen molar-refractivity contribution in [2.75, 3.05) is 11.9 Å². The lowest BCUT2D eigenvalue weighted by Gasteiger charge is -2.26. The predicted octanol–water partition coefficient (Wildman–Crippen LogP) is 3.68. The zero-order valence-electron chi connectivity index (χ0n) is 11.8. The molecule has 0 aromatic heterocycles. The van der Waals surface area contributed by atoms with Gasteiger partial charge in [0.25, 0.3) is 0 Å². The lowest BCUT2D eigenvalue weighted by molar-refractivity contribution is -0.115. The Morgan fingerprint density at radius 1 is 1.40 bits per heavy atom. The molecular formula is C16H21ClN2O. The molecule has 3 nitrogen and oxygen atoms in total. The summed E-state index contributed by atoms with van der Waals surface area (Å²) in [5.41, 5.74) is 3.12. The highest BCUT2D eigenvalue weighted by molar-refractivity contribution is 6.32. The SMILES string of the molecule is CCNC(c1cc2c(cc1Cl)NC(=O)C2)C1CCCC1. The summed E-state index contributed by atoms with van der Waals surface area (Å²) in [5.74, 6) is 0.727. The van der Waals surface area contributed by atoms with Crippen LogP contribution in [0.3, 0.4) is 0 Å². The molecule has 20 heavy (non-hydrogen) atoms. The summed E-state index contributed by atoms with van der Waals surface area (Å²) in [6.07, 6.45) is 5.64. The molecule has 1 aliphatic heterocycles. The minimum absolute atomic E-state index is 0.0640. The van der Waals surface area contributed by atoms with Crippen LogP contribution in [-0.2, 0) is 11.2 Å². The standard InChI is InChI=1S/C16H21ClN2O/c1-2-18-16(10-5-3-4-6-10)12-7-11-8-15(20)19-14(11)9-13(12)17/h7,9-10,16,18H,2-6,8H2,1H3,(H,19,20). The van der Waals surface area contributed by atoms with Gasteiger partial charge in [-0.3, -0.25) is 4.79 Å². The molecule has 0 bridgehead atoms. The van der Waals surface area contributed by atoms with Crippen molar-refractivity contribution in [2.24, 2.45) is 5.92 Å². The molecular weight excluding hydrogens is 272 g/mol. The van der Waals surface area contributed by atoms with Gasteiger partial charge in [0.15, 0.2) is 0 Å². The van der Waals surface area contributed by atoms with E-state index in [2.05, 4.69) is 23.6 Å². The van der Waals surface area contributed by atoms with Gasteiger partial charge >= 0.3 is 0 Å². The Labute approximate surface area is 125 Å². The van der Waals surface area contributed by atoms with E-state index in [1.165, 1.54) is 25.7 Å². The molecule has 0 spiro atoms. The minimum atomic E-state index is 0.0640. The fourth-order valence-electron chi connectivity index (χ4n) is 3.55. The first-order valence-corrected chi connectivity index (χ1v) is 7.92. The first kappa shape index (κ1) is 13.9. The maximum Gasteiger partial charge on any atom is 0.228 e. The third-order valence-electron chi connectivity index (χ3n) is 4.48. The fourth-order valence-corrected chi connectivity index (χ4v) is 3.83. The van der Waals surface area contributed by atoms with Gasteiger partial charge in [-0.2, -0.15) is 0 Å². The summed E-state index contributed by atoms with van der Waals surface area (Å²) in [7, 11) is 0. The van der Waals surface area contributed by atoms with Crippen molar-refractivity contribution >= 4 is 23.2 Å². The zero-order valence-corrected chi connectivity index (χ0v) is 12.6. The van der Waals surface area contributed by atoms with Crippen LogP contribution in [0.15, 0.2) is 12.1 Å². The highest BCUT2D eigenvalue weighted by Crippen LogP contribution is 2.40. The number of carbonyl (C=O) groups excluding carboxylic acids is 1. The van der Waals surface area contributed by atoms with Crippen LogP contribution in [-0.4, -0.2) is 12.5 Å². The minimum Gasteiger partial charge on any atom is -0.325 e. The lowest BCUT2D eigenvalue weighted by atomic mass is 9.90. The Kier molecular flexibility index (Phi) is 3.99. The number of halogens is 1. The number of fused-ring (bicyclic) bond motifs is 1. The van der Waals surface area contributed by atoms with Crippen molar-refractivity contribution in [3.63, 3.8) is 0 Å². The van der Waals surface area contributed by atoms with Crippen LogP contribution in [0.25, 0.3) is 0 Å². The second kappa shape index (κ2) is 5.74. The molecule has 1 saturated carbocycles. The van der Waals surface area contributed by atoms with Crippen molar-refractivity contribution in [2.45, 2.75) is 45.1 Å². The quantitative estimate of drug-likeness (QED) is 0.889. The average Bonchev–Trinajstić information content (AvgIpc) is 3.03. The summed E-state index contributed by atoms with van der Waals surface area (Å²) < 4.78 is 0. The monoisotopic (exact) mass is 292 g/mol. The third-order valence-corrected chi connectivity index (χ3v) is 4.81. The van der Waals surface area contributed by atoms with Crippen LogP contribution >= 0.6 is 11.6 Å². The van der Waals surface area contributed by atoms with Crippen molar-refractivity contribution < 1.29 is 4.79 Å². The summed E-state index contributed by atoms with van der Waals surface area (Å²) in [5, 5.41) is 7.22. The van der Waals surface area contributed by atoms with Crippen molar-refractivity contribution in [3.8, 4) is 0 Å². The smallest absolute Gasteiger partial charge is 0.228 e. The van der Waals surface area contributed by atoms with E-state index < -0.39 is 0 Å². The second-order valence-electron chi connectivity index (χ2n) is 5.84. The number of carbonyl (C=O) groups is 1. The highest BCUT2D eigenvalue weighted by Gasteiger charge is 2.29. The maximum atomic E-state index is 11.5. The van der Waals surface area contributed by atoms with Crippen LogP contribution in [0.4, 0.5) is 5.69 Å². The average molecular weight is 293 g/mol. The number of anilines is 1. The van der Waals surface area contributed by atoms with Gasteiger partial charge in [-0.1, -0.05) is 37.4 Å². The normalized spacial score (nSPS) is 20.0. The lowest BCUT2D eigenvalue weighted by Crippen LogP contribution is -2.27. The number of rotatable bonds is 4. The van der Waals surface area contributed by atoms with E-state index in [-0.39, 0.29) is 5.91 Å². The van der Waals surface area contributed by atoms with Crippen LogP contribution in [0.2, 0.25) is 5.02 Å². The molecule has 4 heteroatoms. The van der Waals surface area contributed by atoms with Crippen molar-refractivity contribution in [1.82, 2.24) is 5.32 Å². The molecule has 1 fully saturated rings. The number of benzene rings is 1. The van der Waals surface area contributed by atoms with Crippen molar-refractivity contribution in [1.29, 1.82) is 0 Å². The van der Waals surface area contributed by atoms with Crippen LogP contribution < -0.4 is 10.6 Å². The Morgan fingerprint density at radius 2 is 2.15 bits per heavy atom. The van der Waals surface area contributed by atoms with Gasteiger partial charge < -0.3 is 10.6 Å². The molecule has 1 aliphatic carbocycles. The maximum absolute atomic E-state index is 11.5. The fraction of sp³-hybridized carbons (Fsp3) is 0.562. The highest BCUT2D eigenvalue weighted by atomic mass is 35.5. The summed E-state index contributed by atoms with van der Waals surface area (Å²) in [4.78, 5) is 11.5. The van der Waals surface area contributed by atoms with Gasteiger partial charge in [0.2, 0.25) is 5.91 Å². The van der Waals surface area contributed by atoms with Gasteiger partial charge in [-0.25, -0.2) is 0 Å². The summed E-state index contributed by atoms with van der Waals surface area (Å²) in [6.45, 7) is 3.07. The van der Waals surface area contributed by atoms with Gasteiger partial charge in [0.05, 0.1) is 6.42 Å². The second-order valence-corrected chi connectivity index (χ2v) is 6.24. The summed E-state index contributed by atoms with van der Waals surface area (Å²) in [6, 6.07) is 4.36. The van der Waals surface area contributed by atoms with E-state index in [1.807, 2.05) is 6.07 Å². The molecule has 2 aliphatic rings. The molecule has 0 saturated heterocycles. The molecule has 1 unspecified atom stereocenters. The van der Waals surface area contributed by atoms with Crippen molar-refractivity contribution in [3.05, 3.63) is 28.3 Å². The van der Waals surface area contributed by atoms with Gasteiger partial charge in [-0.15, -0.1) is 0 Å². The van der Waals surface area contributed by atoms with Gasteiger partial charge in [-0.05, 0) is 42.5 Å². The van der Waals surface area contributed by atoms with Gasteiger partial charge in [0, 0.05) is 16.8 Å².